The van der Waals surface area contributed by atoms with Gasteiger partial charge in [-0.1, -0.05) is 0 Å². The minimum atomic E-state index is -0.324. The number of hydrogen-bond acceptors (Lipinski definition) is 4. The van der Waals surface area contributed by atoms with Gasteiger partial charge >= 0.3 is 0 Å². The predicted octanol–water partition coefficient (Wildman–Crippen LogP) is 0.148. The van der Waals surface area contributed by atoms with Crippen LogP contribution in [0, 0.1) is 5.92 Å². The Bertz CT molecular complexity index is 319. The molecule has 5 nitrogen and oxygen atoms in total. The number of likely N-dealkylation sites (N-methyl/N-ethyl adjacent to an activating group) is 1. The summed E-state index contributed by atoms with van der Waals surface area (Å²) in [5.41, 5.74) is 0. The molecule has 0 bridgehead atoms. The van der Waals surface area contributed by atoms with E-state index in [4.69, 9.17) is 4.74 Å². The normalized spacial score (nSPS) is 33.8. The minimum absolute atomic E-state index is 0.0641. The van der Waals surface area contributed by atoms with Crippen molar-refractivity contribution in [1.29, 1.82) is 0 Å². The number of imide groups is 1. The maximum atomic E-state index is 11.8. The van der Waals surface area contributed by atoms with Gasteiger partial charge in [-0.25, -0.2) is 0 Å². The molecule has 0 spiro atoms. The van der Waals surface area contributed by atoms with Crippen LogP contribution in [0.4, 0.5) is 0 Å². The fraction of sp³-hybridized carbons (Fsp3) is 0.833. The van der Waals surface area contributed by atoms with Crippen LogP contribution < -0.4 is 5.32 Å². The third kappa shape index (κ3) is 2.50. The third-order valence-corrected chi connectivity index (χ3v) is 3.72. The molecule has 96 valence electrons. The number of carbonyl (C=O) groups is 2. The standard InChI is InChI=1S/C12H20N2O3/c1-3-14-11(15)6-10(12(14)16)13-7-9-4-5-17-8(9)2/h8-10,13H,3-7H2,1-2H3. The molecule has 2 heterocycles. The average molecular weight is 240 g/mol. The monoisotopic (exact) mass is 240 g/mol. The molecule has 2 rings (SSSR count). The van der Waals surface area contributed by atoms with E-state index in [0.29, 0.717) is 18.9 Å². The van der Waals surface area contributed by atoms with Gasteiger partial charge in [-0.15, -0.1) is 0 Å². The second-order valence-corrected chi connectivity index (χ2v) is 4.77. The van der Waals surface area contributed by atoms with Crippen LogP contribution in [-0.4, -0.2) is 48.6 Å². The van der Waals surface area contributed by atoms with Crippen molar-refractivity contribution in [3.63, 3.8) is 0 Å². The Balaban J connectivity index is 1.84. The predicted molar refractivity (Wildman–Crippen MR) is 62.3 cm³/mol. The number of carbonyl (C=O) groups excluding carboxylic acids is 2. The quantitative estimate of drug-likeness (QED) is 0.711. The molecule has 2 aliphatic heterocycles. The number of amides is 2. The molecular weight excluding hydrogens is 220 g/mol. The largest absolute Gasteiger partial charge is 0.378 e. The van der Waals surface area contributed by atoms with E-state index < -0.39 is 0 Å². The summed E-state index contributed by atoms with van der Waals surface area (Å²) in [6.07, 6.45) is 1.58. The fourth-order valence-electron chi connectivity index (χ4n) is 2.51. The van der Waals surface area contributed by atoms with E-state index in [-0.39, 0.29) is 24.0 Å². The number of rotatable bonds is 4. The highest BCUT2D eigenvalue weighted by Crippen LogP contribution is 2.20. The van der Waals surface area contributed by atoms with E-state index in [1.165, 1.54) is 4.90 Å². The van der Waals surface area contributed by atoms with Gasteiger partial charge in [0.2, 0.25) is 11.8 Å². The summed E-state index contributed by atoms with van der Waals surface area (Å²) in [5.74, 6) is 0.309. The first kappa shape index (κ1) is 12.5. The molecule has 0 aromatic carbocycles. The van der Waals surface area contributed by atoms with Crippen molar-refractivity contribution in [2.75, 3.05) is 19.7 Å². The fourth-order valence-corrected chi connectivity index (χ4v) is 2.51. The molecule has 0 aromatic rings. The number of likely N-dealkylation sites (tertiary alicyclic amines) is 1. The van der Waals surface area contributed by atoms with Crippen LogP contribution in [0.2, 0.25) is 0 Å². The first-order chi connectivity index (χ1) is 8.13. The van der Waals surface area contributed by atoms with Crippen LogP contribution in [0.25, 0.3) is 0 Å². The molecule has 0 saturated carbocycles. The van der Waals surface area contributed by atoms with E-state index in [1.807, 2.05) is 6.92 Å². The summed E-state index contributed by atoms with van der Waals surface area (Å²) < 4.78 is 5.47. The molecule has 2 amide bonds. The Labute approximate surface area is 101 Å². The van der Waals surface area contributed by atoms with Crippen molar-refractivity contribution >= 4 is 11.8 Å². The lowest BCUT2D eigenvalue weighted by molar-refractivity contribution is -0.138. The Morgan fingerprint density at radius 1 is 1.47 bits per heavy atom. The summed E-state index contributed by atoms with van der Waals surface area (Å²) in [5, 5.41) is 3.21. The van der Waals surface area contributed by atoms with Crippen LogP contribution >= 0.6 is 0 Å². The molecule has 0 aromatic heterocycles. The number of nitrogens with one attached hydrogen (secondary N) is 1. The van der Waals surface area contributed by atoms with Crippen molar-refractivity contribution in [2.45, 2.75) is 38.8 Å². The van der Waals surface area contributed by atoms with Crippen molar-refractivity contribution in [3.8, 4) is 0 Å². The van der Waals surface area contributed by atoms with Crippen LogP contribution in [-0.2, 0) is 14.3 Å². The highest BCUT2D eigenvalue weighted by molar-refractivity contribution is 6.05. The van der Waals surface area contributed by atoms with Gasteiger partial charge in [0.05, 0.1) is 18.6 Å². The first-order valence-corrected chi connectivity index (χ1v) is 6.32. The lowest BCUT2D eigenvalue weighted by Gasteiger charge is -2.17. The highest BCUT2D eigenvalue weighted by Gasteiger charge is 2.37. The Kier molecular flexibility index (Phi) is 3.79. The Morgan fingerprint density at radius 3 is 2.76 bits per heavy atom. The lowest BCUT2D eigenvalue weighted by atomic mass is 10.0. The topological polar surface area (TPSA) is 58.6 Å². The van der Waals surface area contributed by atoms with Crippen LogP contribution in [0.5, 0.6) is 0 Å². The first-order valence-electron chi connectivity index (χ1n) is 6.32. The number of nitrogens with zero attached hydrogens (tertiary/aromatic N) is 1. The van der Waals surface area contributed by atoms with Gasteiger partial charge in [0, 0.05) is 19.7 Å². The molecule has 3 atom stereocenters. The van der Waals surface area contributed by atoms with E-state index in [0.717, 1.165) is 19.6 Å². The molecule has 3 unspecified atom stereocenters. The number of hydrogen-bond donors (Lipinski definition) is 1. The van der Waals surface area contributed by atoms with E-state index in [2.05, 4.69) is 12.2 Å². The van der Waals surface area contributed by atoms with Crippen LogP contribution in [0.15, 0.2) is 0 Å². The molecule has 2 fully saturated rings. The highest BCUT2D eigenvalue weighted by atomic mass is 16.5. The van der Waals surface area contributed by atoms with Gasteiger partial charge < -0.3 is 10.1 Å². The van der Waals surface area contributed by atoms with Gasteiger partial charge in [-0.3, -0.25) is 14.5 Å². The van der Waals surface area contributed by atoms with Crippen molar-refractivity contribution in [1.82, 2.24) is 10.2 Å². The molecule has 1 N–H and O–H groups in total. The van der Waals surface area contributed by atoms with E-state index >= 15 is 0 Å². The zero-order chi connectivity index (χ0) is 12.4. The summed E-state index contributed by atoms with van der Waals surface area (Å²) in [7, 11) is 0. The van der Waals surface area contributed by atoms with Crippen LogP contribution in [0.3, 0.4) is 0 Å². The SMILES string of the molecule is CCN1C(=O)CC(NCC2CCOC2C)C1=O. The zero-order valence-electron chi connectivity index (χ0n) is 10.4. The van der Waals surface area contributed by atoms with Gasteiger partial charge in [0.15, 0.2) is 0 Å². The van der Waals surface area contributed by atoms with Crippen molar-refractivity contribution in [3.05, 3.63) is 0 Å². The van der Waals surface area contributed by atoms with Gasteiger partial charge in [-0.2, -0.15) is 0 Å². The average Bonchev–Trinajstić information content (AvgIpc) is 2.81. The van der Waals surface area contributed by atoms with Crippen molar-refractivity contribution in [2.24, 2.45) is 5.92 Å². The molecule has 2 saturated heterocycles. The van der Waals surface area contributed by atoms with Gasteiger partial charge in [0.1, 0.15) is 0 Å². The summed E-state index contributed by atoms with van der Waals surface area (Å²) in [6, 6.07) is -0.324. The zero-order valence-corrected chi connectivity index (χ0v) is 10.4. The van der Waals surface area contributed by atoms with Crippen molar-refractivity contribution < 1.29 is 14.3 Å². The Hall–Kier alpha value is -0.940. The maximum Gasteiger partial charge on any atom is 0.246 e. The lowest BCUT2D eigenvalue weighted by Crippen LogP contribution is -2.41. The molecular formula is C12H20N2O3. The Morgan fingerprint density at radius 2 is 2.24 bits per heavy atom. The second kappa shape index (κ2) is 5.14. The summed E-state index contributed by atoms with van der Waals surface area (Å²) in [4.78, 5) is 24.7. The minimum Gasteiger partial charge on any atom is -0.378 e. The molecule has 5 heteroatoms. The smallest absolute Gasteiger partial charge is 0.246 e. The molecule has 2 aliphatic rings. The van der Waals surface area contributed by atoms with Gasteiger partial charge in [-0.05, 0) is 26.2 Å². The summed E-state index contributed by atoms with van der Waals surface area (Å²) >= 11 is 0. The van der Waals surface area contributed by atoms with E-state index in [1.54, 1.807) is 0 Å². The third-order valence-electron chi connectivity index (χ3n) is 3.72. The molecule has 0 aliphatic carbocycles. The summed E-state index contributed by atoms with van der Waals surface area (Å²) in [6.45, 7) is 5.90. The maximum absolute atomic E-state index is 11.8. The number of ether oxygens (including phenoxy) is 1. The molecule has 0 radical (unpaired) electrons. The second-order valence-electron chi connectivity index (χ2n) is 4.77. The van der Waals surface area contributed by atoms with E-state index in [9.17, 15) is 9.59 Å². The molecule has 17 heavy (non-hydrogen) atoms. The van der Waals surface area contributed by atoms with Gasteiger partial charge in [0.25, 0.3) is 0 Å². The van der Waals surface area contributed by atoms with Crippen LogP contribution in [0.1, 0.15) is 26.7 Å².